The van der Waals surface area contributed by atoms with Crippen molar-refractivity contribution in [2.75, 3.05) is 5.32 Å². The number of primary amides is 1. The van der Waals surface area contributed by atoms with E-state index in [4.69, 9.17) is 10.5 Å². The Morgan fingerprint density at radius 2 is 1.97 bits per heavy atom. The standard InChI is InChI=1S/C25H25FN4O3/c1-2-16(25(32)30-22-6-3-13(12-29-22)24(27)31)23-17-10-15(11-18(17)23)33-21-7-8-28-20-5-4-14(26)9-19(20)21/h3-9,12,15-18,23H,2,10-11H2,1H3,(H2,27,31)(H,29,30,32)/t15-,16?,17-,18+,23+. The molecule has 2 aliphatic carbocycles. The molecule has 0 spiro atoms. The molecule has 0 bridgehead atoms. The highest BCUT2D eigenvalue weighted by atomic mass is 19.1. The van der Waals surface area contributed by atoms with Crippen LogP contribution in [0.1, 0.15) is 36.5 Å². The number of ether oxygens (including phenoxy) is 1. The van der Waals surface area contributed by atoms with Crippen LogP contribution in [0.5, 0.6) is 5.75 Å². The summed E-state index contributed by atoms with van der Waals surface area (Å²) in [5.41, 5.74) is 6.23. The molecule has 1 aromatic carbocycles. The van der Waals surface area contributed by atoms with Crippen molar-refractivity contribution in [1.29, 1.82) is 0 Å². The summed E-state index contributed by atoms with van der Waals surface area (Å²) in [6.07, 6.45) is 5.58. The maximum atomic E-state index is 13.7. The first-order valence-electron chi connectivity index (χ1n) is 11.2. The van der Waals surface area contributed by atoms with Crippen molar-refractivity contribution in [1.82, 2.24) is 9.97 Å². The van der Waals surface area contributed by atoms with Gasteiger partial charge in [0, 0.05) is 23.7 Å². The van der Waals surface area contributed by atoms with Crippen LogP contribution < -0.4 is 15.8 Å². The van der Waals surface area contributed by atoms with Crippen molar-refractivity contribution >= 4 is 28.5 Å². The highest BCUT2D eigenvalue weighted by Crippen LogP contribution is 2.62. The summed E-state index contributed by atoms with van der Waals surface area (Å²) in [7, 11) is 0. The molecule has 0 radical (unpaired) electrons. The van der Waals surface area contributed by atoms with Gasteiger partial charge in [0.2, 0.25) is 11.8 Å². The van der Waals surface area contributed by atoms with Crippen LogP contribution in [0.4, 0.5) is 10.2 Å². The van der Waals surface area contributed by atoms with Gasteiger partial charge in [-0.25, -0.2) is 9.37 Å². The number of fused-ring (bicyclic) bond motifs is 2. The van der Waals surface area contributed by atoms with Gasteiger partial charge in [-0.1, -0.05) is 6.92 Å². The zero-order chi connectivity index (χ0) is 23.1. The van der Waals surface area contributed by atoms with E-state index < -0.39 is 5.91 Å². The number of hydrogen-bond acceptors (Lipinski definition) is 5. The Hall–Kier alpha value is -3.55. The van der Waals surface area contributed by atoms with E-state index in [1.54, 1.807) is 30.5 Å². The second-order valence-corrected chi connectivity index (χ2v) is 8.89. The largest absolute Gasteiger partial charge is 0.490 e. The van der Waals surface area contributed by atoms with E-state index >= 15 is 0 Å². The average Bonchev–Trinajstić information content (AvgIpc) is 3.27. The molecular weight excluding hydrogens is 423 g/mol. The highest BCUT2D eigenvalue weighted by molar-refractivity contribution is 5.94. The second kappa shape index (κ2) is 8.42. The molecule has 2 amide bonds. The summed E-state index contributed by atoms with van der Waals surface area (Å²) < 4.78 is 20.0. The van der Waals surface area contributed by atoms with E-state index in [2.05, 4.69) is 15.3 Å². The van der Waals surface area contributed by atoms with Crippen molar-refractivity contribution in [2.24, 2.45) is 29.4 Å². The molecule has 2 aromatic heterocycles. The number of aromatic nitrogens is 2. The van der Waals surface area contributed by atoms with Gasteiger partial charge in [-0.2, -0.15) is 0 Å². The summed E-state index contributed by atoms with van der Waals surface area (Å²) in [5, 5.41) is 3.55. The van der Waals surface area contributed by atoms with E-state index in [0.29, 0.717) is 45.8 Å². The van der Waals surface area contributed by atoms with Gasteiger partial charge in [-0.3, -0.25) is 14.6 Å². The molecule has 1 unspecified atom stereocenters. The second-order valence-electron chi connectivity index (χ2n) is 8.89. The van der Waals surface area contributed by atoms with E-state index in [-0.39, 0.29) is 23.7 Å². The lowest BCUT2D eigenvalue weighted by atomic mass is 9.93. The lowest BCUT2D eigenvalue weighted by Crippen LogP contribution is -2.27. The number of amides is 2. The fourth-order valence-electron chi connectivity index (χ4n) is 5.38. The third-order valence-electron chi connectivity index (χ3n) is 6.97. The molecule has 7 nitrogen and oxygen atoms in total. The first kappa shape index (κ1) is 21.3. The topological polar surface area (TPSA) is 107 Å². The third-order valence-corrected chi connectivity index (χ3v) is 6.97. The molecule has 33 heavy (non-hydrogen) atoms. The Balaban J connectivity index is 1.20. The molecule has 170 valence electrons. The lowest BCUT2D eigenvalue weighted by molar-refractivity contribution is -0.121. The number of halogens is 1. The van der Waals surface area contributed by atoms with Crippen LogP contribution >= 0.6 is 0 Å². The van der Waals surface area contributed by atoms with Crippen molar-refractivity contribution in [3.8, 4) is 5.75 Å². The summed E-state index contributed by atoms with van der Waals surface area (Å²) in [6, 6.07) is 9.42. The zero-order valence-corrected chi connectivity index (χ0v) is 18.2. The normalized spacial score (nSPS) is 24.2. The zero-order valence-electron chi connectivity index (χ0n) is 18.2. The summed E-state index contributed by atoms with van der Waals surface area (Å²) in [4.78, 5) is 32.5. The maximum Gasteiger partial charge on any atom is 0.250 e. The predicted molar refractivity (Wildman–Crippen MR) is 121 cm³/mol. The Morgan fingerprint density at radius 3 is 2.64 bits per heavy atom. The minimum absolute atomic E-state index is 0.0497. The van der Waals surface area contributed by atoms with Gasteiger partial charge in [-0.15, -0.1) is 0 Å². The fraction of sp³-hybridized carbons (Fsp3) is 0.360. The predicted octanol–water partition coefficient (Wildman–Crippen LogP) is 3.94. The Kier molecular flexibility index (Phi) is 5.44. The number of pyridine rings is 2. The van der Waals surface area contributed by atoms with E-state index in [1.165, 1.54) is 18.3 Å². The number of carbonyl (C=O) groups is 2. The number of benzene rings is 1. The number of carbonyl (C=O) groups excluding carboxylic acids is 2. The van der Waals surface area contributed by atoms with Gasteiger partial charge < -0.3 is 15.8 Å². The van der Waals surface area contributed by atoms with Crippen molar-refractivity contribution in [3.63, 3.8) is 0 Å². The van der Waals surface area contributed by atoms with Crippen molar-refractivity contribution < 1.29 is 18.7 Å². The van der Waals surface area contributed by atoms with Crippen LogP contribution in [0, 0.1) is 29.5 Å². The number of nitrogens with zero attached hydrogens (tertiary/aromatic N) is 2. The van der Waals surface area contributed by atoms with Gasteiger partial charge in [0.15, 0.2) is 0 Å². The summed E-state index contributed by atoms with van der Waals surface area (Å²) in [6.45, 7) is 2.02. The molecule has 5 atom stereocenters. The molecule has 2 fully saturated rings. The smallest absolute Gasteiger partial charge is 0.250 e. The number of hydrogen-bond donors (Lipinski definition) is 2. The molecule has 2 aliphatic rings. The van der Waals surface area contributed by atoms with Gasteiger partial charge in [0.25, 0.3) is 0 Å². The molecule has 5 rings (SSSR count). The van der Waals surface area contributed by atoms with Crippen LogP contribution in [0.25, 0.3) is 10.9 Å². The van der Waals surface area contributed by atoms with E-state index in [0.717, 1.165) is 19.3 Å². The molecule has 0 saturated heterocycles. The lowest BCUT2D eigenvalue weighted by Gasteiger charge is -2.21. The molecule has 0 aliphatic heterocycles. The number of nitrogens with two attached hydrogens (primary N) is 1. The third kappa shape index (κ3) is 4.13. The van der Waals surface area contributed by atoms with E-state index in [9.17, 15) is 14.0 Å². The molecule has 3 N–H and O–H groups in total. The minimum Gasteiger partial charge on any atom is -0.490 e. The first-order chi connectivity index (χ1) is 15.9. The quantitative estimate of drug-likeness (QED) is 0.569. The molecular formula is C25H25FN4O3. The van der Waals surface area contributed by atoms with Crippen molar-refractivity contribution in [3.05, 3.63) is 60.2 Å². The first-order valence-corrected chi connectivity index (χ1v) is 11.2. The summed E-state index contributed by atoms with van der Waals surface area (Å²) in [5.74, 6) is 1.25. The van der Waals surface area contributed by atoms with Crippen molar-refractivity contribution in [2.45, 2.75) is 32.3 Å². The fourth-order valence-corrected chi connectivity index (χ4v) is 5.38. The average molecular weight is 448 g/mol. The van der Waals surface area contributed by atoms with Crippen LogP contribution in [0.2, 0.25) is 0 Å². The number of rotatable bonds is 7. The van der Waals surface area contributed by atoms with Crippen LogP contribution in [0.3, 0.4) is 0 Å². The van der Waals surface area contributed by atoms with Gasteiger partial charge >= 0.3 is 0 Å². The molecule has 8 heteroatoms. The van der Waals surface area contributed by atoms with Gasteiger partial charge in [-0.05, 0) is 73.4 Å². The van der Waals surface area contributed by atoms with Gasteiger partial charge in [0.1, 0.15) is 17.4 Å². The SMILES string of the molecule is CCC(C(=O)Nc1ccc(C(N)=O)cn1)[C@H]1[C@@H]2C[C@@H](Oc3ccnc4ccc(F)cc34)C[C@@H]21. The Bertz CT molecular complexity index is 1200. The number of nitrogens with one attached hydrogen (secondary N) is 1. The highest BCUT2D eigenvalue weighted by Gasteiger charge is 2.60. The van der Waals surface area contributed by atoms with E-state index in [1.807, 2.05) is 6.92 Å². The monoisotopic (exact) mass is 448 g/mol. The summed E-state index contributed by atoms with van der Waals surface area (Å²) >= 11 is 0. The molecule has 3 aromatic rings. The van der Waals surface area contributed by atoms with Gasteiger partial charge in [0.05, 0.1) is 17.2 Å². The minimum atomic E-state index is -0.556. The number of anilines is 1. The van der Waals surface area contributed by atoms with Crippen LogP contribution in [0.15, 0.2) is 48.8 Å². The molecule has 2 heterocycles. The Morgan fingerprint density at radius 1 is 1.18 bits per heavy atom. The maximum absolute atomic E-state index is 13.7. The van der Waals surface area contributed by atoms with Crippen LogP contribution in [-0.4, -0.2) is 27.9 Å². The Labute approximate surface area is 190 Å². The molecule has 2 saturated carbocycles. The van der Waals surface area contributed by atoms with Crippen LogP contribution in [-0.2, 0) is 4.79 Å².